The van der Waals surface area contributed by atoms with Crippen molar-refractivity contribution in [3.63, 3.8) is 0 Å². The van der Waals surface area contributed by atoms with Crippen molar-refractivity contribution in [1.82, 2.24) is 0 Å². The first-order valence-electron chi connectivity index (χ1n) is 6.23. The second-order valence-corrected chi connectivity index (χ2v) is 5.18. The lowest BCUT2D eigenvalue weighted by atomic mass is 10.1. The van der Waals surface area contributed by atoms with Crippen molar-refractivity contribution < 1.29 is 9.90 Å². The molecule has 3 N–H and O–H groups in total. The minimum atomic E-state index is -0.984. The van der Waals surface area contributed by atoms with Gasteiger partial charge in [-0.2, -0.15) is 0 Å². The molecule has 0 spiro atoms. The van der Waals surface area contributed by atoms with Gasteiger partial charge in [0, 0.05) is 12.6 Å². The number of nitrogens with two attached hydrogens (primary N) is 1. The fourth-order valence-electron chi connectivity index (χ4n) is 1.97. The van der Waals surface area contributed by atoms with Crippen LogP contribution in [0.5, 0.6) is 0 Å². The van der Waals surface area contributed by atoms with Crippen LogP contribution >= 0.6 is 0 Å². The molecule has 0 fully saturated rings. The van der Waals surface area contributed by atoms with Gasteiger partial charge in [-0.3, -0.25) is 0 Å². The third kappa shape index (κ3) is 3.15. The molecule has 18 heavy (non-hydrogen) atoms. The van der Waals surface area contributed by atoms with Crippen molar-refractivity contribution in [3.05, 3.63) is 23.8 Å². The molecule has 1 rings (SSSR count). The van der Waals surface area contributed by atoms with Crippen LogP contribution in [-0.2, 0) is 0 Å². The molecule has 0 radical (unpaired) electrons. The Kier molecular flexibility index (Phi) is 4.59. The third-order valence-electron chi connectivity index (χ3n) is 2.81. The highest BCUT2D eigenvalue weighted by Gasteiger charge is 2.18. The quantitative estimate of drug-likeness (QED) is 0.789. The van der Waals surface area contributed by atoms with Crippen LogP contribution in [0, 0.1) is 5.92 Å². The lowest BCUT2D eigenvalue weighted by Crippen LogP contribution is -2.35. The normalized spacial score (nSPS) is 11.0. The SMILES string of the molecule is CC(C)CN(c1cccc(C(=O)O)c1N)C(C)C. The molecule has 0 amide bonds. The zero-order valence-corrected chi connectivity index (χ0v) is 11.5. The maximum absolute atomic E-state index is 11.1. The summed E-state index contributed by atoms with van der Waals surface area (Å²) in [6, 6.07) is 5.43. The first kappa shape index (κ1) is 14.4. The molecular weight excluding hydrogens is 228 g/mol. The standard InChI is InChI=1S/C14H22N2O2/c1-9(2)8-16(10(3)4)12-7-5-6-11(13(12)15)14(17)18/h5-7,9-10H,8,15H2,1-4H3,(H,17,18). The maximum atomic E-state index is 11.1. The molecule has 0 aromatic heterocycles. The second-order valence-electron chi connectivity index (χ2n) is 5.18. The fraction of sp³-hybridized carbons (Fsp3) is 0.500. The van der Waals surface area contributed by atoms with Gasteiger partial charge < -0.3 is 15.7 Å². The van der Waals surface area contributed by atoms with Crippen molar-refractivity contribution in [2.75, 3.05) is 17.2 Å². The summed E-state index contributed by atoms with van der Waals surface area (Å²) in [5.74, 6) is -0.497. The Morgan fingerprint density at radius 3 is 2.39 bits per heavy atom. The van der Waals surface area contributed by atoms with Crippen molar-refractivity contribution in [3.8, 4) is 0 Å². The number of nitrogen functional groups attached to an aromatic ring is 1. The van der Waals surface area contributed by atoms with E-state index in [-0.39, 0.29) is 11.6 Å². The van der Waals surface area contributed by atoms with Crippen molar-refractivity contribution >= 4 is 17.3 Å². The summed E-state index contributed by atoms with van der Waals surface area (Å²) in [6.45, 7) is 9.27. The number of hydrogen-bond acceptors (Lipinski definition) is 3. The van der Waals surface area contributed by atoms with Crippen LogP contribution in [0.1, 0.15) is 38.1 Å². The van der Waals surface area contributed by atoms with Crippen LogP contribution in [0.15, 0.2) is 18.2 Å². The number of benzene rings is 1. The van der Waals surface area contributed by atoms with E-state index in [4.69, 9.17) is 10.8 Å². The zero-order chi connectivity index (χ0) is 13.9. The lowest BCUT2D eigenvalue weighted by Gasteiger charge is -2.32. The minimum absolute atomic E-state index is 0.168. The monoisotopic (exact) mass is 250 g/mol. The smallest absolute Gasteiger partial charge is 0.337 e. The summed E-state index contributed by atoms with van der Waals surface area (Å²) in [6.07, 6.45) is 0. The van der Waals surface area contributed by atoms with Crippen molar-refractivity contribution in [1.29, 1.82) is 0 Å². The Morgan fingerprint density at radius 1 is 1.33 bits per heavy atom. The molecule has 0 unspecified atom stereocenters. The average molecular weight is 250 g/mol. The predicted octanol–water partition coefficient (Wildman–Crippen LogP) is 2.84. The average Bonchev–Trinajstić information content (AvgIpc) is 2.25. The number of hydrogen-bond donors (Lipinski definition) is 2. The van der Waals surface area contributed by atoms with Gasteiger partial charge in [0.15, 0.2) is 0 Å². The molecule has 0 aliphatic rings. The van der Waals surface area contributed by atoms with Gasteiger partial charge in [-0.25, -0.2) is 4.79 Å². The van der Waals surface area contributed by atoms with E-state index in [0.717, 1.165) is 12.2 Å². The molecule has 0 saturated heterocycles. The lowest BCUT2D eigenvalue weighted by molar-refractivity contribution is 0.0698. The molecule has 0 aliphatic heterocycles. The summed E-state index contributed by atoms with van der Waals surface area (Å²) in [5, 5.41) is 9.09. The molecule has 1 aromatic carbocycles. The first-order valence-corrected chi connectivity index (χ1v) is 6.23. The Morgan fingerprint density at radius 2 is 1.94 bits per heavy atom. The van der Waals surface area contributed by atoms with E-state index in [1.807, 2.05) is 6.07 Å². The summed E-state index contributed by atoms with van der Waals surface area (Å²) in [4.78, 5) is 13.2. The molecule has 4 heteroatoms. The number of carboxylic acids is 1. The highest BCUT2D eigenvalue weighted by atomic mass is 16.4. The molecular formula is C14H22N2O2. The number of para-hydroxylation sites is 1. The van der Waals surface area contributed by atoms with Gasteiger partial charge >= 0.3 is 5.97 Å². The van der Waals surface area contributed by atoms with Gasteiger partial charge in [0.05, 0.1) is 16.9 Å². The van der Waals surface area contributed by atoms with Crippen LogP contribution in [0.2, 0.25) is 0 Å². The zero-order valence-electron chi connectivity index (χ0n) is 11.5. The molecule has 0 heterocycles. The van der Waals surface area contributed by atoms with Crippen molar-refractivity contribution in [2.45, 2.75) is 33.7 Å². The van der Waals surface area contributed by atoms with Gasteiger partial charge in [-0.1, -0.05) is 19.9 Å². The third-order valence-corrected chi connectivity index (χ3v) is 2.81. The van der Waals surface area contributed by atoms with E-state index >= 15 is 0 Å². The fourth-order valence-corrected chi connectivity index (χ4v) is 1.97. The molecule has 0 bridgehead atoms. The Bertz CT molecular complexity index is 428. The van der Waals surface area contributed by atoms with Gasteiger partial charge in [0.2, 0.25) is 0 Å². The Balaban J connectivity index is 3.20. The highest BCUT2D eigenvalue weighted by molar-refractivity contribution is 5.97. The minimum Gasteiger partial charge on any atom is -0.478 e. The molecule has 1 aromatic rings. The van der Waals surface area contributed by atoms with E-state index in [1.54, 1.807) is 6.07 Å². The van der Waals surface area contributed by atoms with E-state index in [9.17, 15) is 4.79 Å². The number of nitrogens with zero attached hydrogens (tertiary/aromatic N) is 1. The van der Waals surface area contributed by atoms with E-state index in [2.05, 4.69) is 32.6 Å². The van der Waals surface area contributed by atoms with Gasteiger partial charge in [-0.05, 0) is 31.9 Å². The van der Waals surface area contributed by atoms with E-state index < -0.39 is 5.97 Å². The van der Waals surface area contributed by atoms with Crippen LogP contribution < -0.4 is 10.6 Å². The van der Waals surface area contributed by atoms with Crippen LogP contribution in [0.4, 0.5) is 11.4 Å². The van der Waals surface area contributed by atoms with Crippen molar-refractivity contribution in [2.24, 2.45) is 5.92 Å². The molecule has 0 atom stereocenters. The maximum Gasteiger partial charge on any atom is 0.337 e. The molecule has 100 valence electrons. The summed E-state index contributed by atoms with van der Waals surface area (Å²) in [5.41, 5.74) is 7.30. The number of carbonyl (C=O) groups is 1. The van der Waals surface area contributed by atoms with Gasteiger partial charge in [0.25, 0.3) is 0 Å². The summed E-state index contributed by atoms with van der Waals surface area (Å²) < 4.78 is 0. The van der Waals surface area contributed by atoms with E-state index in [0.29, 0.717) is 11.6 Å². The number of carboxylic acid groups (broad SMARTS) is 1. The number of rotatable bonds is 5. The van der Waals surface area contributed by atoms with Crippen LogP contribution in [0.3, 0.4) is 0 Å². The van der Waals surface area contributed by atoms with Crippen LogP contribution in [-0.4, -0.2) is 23.7 Å². The Labute approximate surface area is 108 Å². The number of anilines is 2. The molecule has 0 saturated carbocycles. The topological polar surface area (TPSA) is 66.6 Å². The largest absolute Gasteiger partial charge is 0.478 e. The predicted molar refractivity (Wildman–Crippen MR) is 75.1 cm³/mol. The van der Waals surface area contributed by atoms with Crippen LogP contribution in [0.25, 0.3) is 0 Å². The highest BCUT2D eigenvalue weighted by Crippen LogP contribution is 2.29. The number of aromatic carboxylic acids is 1. The molecule has 0 aliphatic carbocycles. The molecule has 4 nitrogen and oxygen atoms in total. The second kappa shape index (κ2) is 5.76. The van der Waals surface area contributed by atoms with E-state index in [1.165, 1.54) is 6.07 Å². The summed E-state index contributed by atoms with van der Waals surface area (Å²) in [7, 11) is 0. The summed E-state index contributed by atoms with van der Waals surface area (Å²) >= 11 is 0. The van der Waals surface area contributed by atoms with Gasteiger partial charge in [-0.15, -0.1) is 0 Å². The Hall–Kier alpha value is -1.71. The van der Waals surface area contributed by atoms with Gasteiger partial charge in [0.1, 0.15) is 0 Å². The first-order chi connectivity index (χ1) is 8.34.